The van der Waals surface area contributed by atoms with Crippen LogP contribution in [0.4, 0.5) is 5.95 Å². The van der Waals surface area contributed by atoms with Crippen LogP contribution in [0.1, 0.15) is 17.0 Å². The van der Waals surface area contributed by atoms with Crippen LogP contribution in [0.3, 0.4) is 0 Å². The van der Waals surface area contributed by atoms with E-state index < -0.39 is 0 Å². The number of hydrogen-bond acceptors (Lipinski definition) is 6. The van der Waals surface area contributed by atoms with Crippen LogP contribution in [-0.2, 0) is 6.42 Å². The highest BCUT2D eigenvalue weighted by atomic mass is 16.3. The zero-order valence-electron chi connectivity index (χ0n) is 11.6. The van der Waals surface area contributed by atoms with Crippen molar-refractivity contribution in [3.8, 4) is 0 Å². The fourth-order valence-electron chi connectivity index (χ4n) is 1.84. The highest BCUT2D eigenvalue weighted by Gasteiger charge is 2.05. The van der Waals surface area contributed by atoms with E-state index in [1.54, 1.807) is 18.4 Å². The van der Waals surface area contributed by atoms with Gasteiger partial charge in [-0.25, -0.2) is 5.43 Å². The van der Waals surface area contributed by atoms with Crippen molar-refractivity contribution < 1.29 is 4.42 Å². The van der Waals surface area contributed by atoms with Crippen molar-refractivity contribution in [3.63, 3.8) is 0 Å². The van der Waals surface area contributed by atoms with Gasteiger partial charge in [0.05, 0.1) is 12.5 Å². The molecule has 0 fully saturated rings. The van der Waals surface area contributed by atoms with E-state index >= 15 is 0 Å². The molecule has 0 atom stereocenters. The Hall–Kier alpha value is -3.22. The molecular weight excluding hydrogens is 282 g/mol. The third kappa shape index (κ3) is 3.45. The molecule has 0 aliphatic carbocycles. The van der Waals surface area contributed by atoms with Crippen molar-refractivity contribution in [2.24, 2.45) is 5.10 Å². The van der Waals surface area contributed by atoms with Crippen molar-refractivity contribution in [2.45, 2.75) is 6.42 Å². The molecule has 7 nitrogen and oxygen atoms in total. The predicted octanol–water partition coefficient (Wildman–Crippen LogP) is 1.79. The molecule has 3 rings (SSSR count). The fourth-order valence-corrected chi connectivity index (χ4v) is 1.84. The molecule has 0 aliphatic heterocycles. The summed E-state index contributed by atoms with van der Waals surface area (Å²) in [7, 11) is 0. The van der Waals surface area contributed by atoms with Gasteiger partial charge in [-0.3, -0.25) is 9.78 Å². The maximum absolute atomic E-state index is 12.0. The highest BCUT2D eigenvalue weighted by Crippen LogP contribution is 2.03. The number of nitrogens with zero attached hydrogens (tertiary/aromatic N) is 3. The van der Waals surface area contributed by atoms with Crippen molar-refractivity contribution in [3.05, 3.63) is 76.1 Å². The number of nitrogens with one attached hydrogen (secondary N) is 2. The number of hydrazone groups is 1. The van der Waals surface area contributed by atoms with E-state index in [9.17, 15) is 4.79 Å². The zero-order valence-corrected chi connectivity index (χ0v) is 11.6. The van der Waals surface area contributed by atoms with E-state index in [1.807, 2.05) is 30.3 Å². The first-order valence-electron chi connectivity index (χ1n) is 6.63. The van der Waals surface area contributed by atoms with Gasteiger partial charge in [0.25, 0.3) is 5.56 Å². The molecule has 0 spiro atoms. The summed E-state index contributed by atoms with van der Waals surface area (Å²) in [6.45, 7) is 0. The third-order valence-electron chi connectivity index (χ3n) is 2.88. The van der Waals surface area contributed by atoms with Crippen LogP contribution >= 0.6 is 0 Å². The normalized spacial score (nSPS) is 10.9. The topological polar surface area (TPSA) is 96.2 Å². The van der Waals surface area contributed by atoms with Gasteiger partial charge in [0.15, 0.2) is 0 Å². The maximum Gasteiger partial charge on any atom is 0.274 e. The number of anilines is 1. The quantitative estimate of drug-likeness (QED) is 0.552. The number of aromatic amines is 1. The van der Waals surface area contributed by atoms with Crippen LogP contribution in [-0.4, -0.2) is 21.4 Å². The number of benzene rings is 1. The van der Waals surface area contributed by atoms with Gasteiger partial charge in [-0.15, -0.1) is 10.2 Å². The first kappa shape index (κ1) is 13.7. The highest BCUT2D eigenvalue weighted by molar-refractivity contribution is 5.76. The van der Waals surface area contributed by atoms with Gasteiger partial charge in [0.1, 0.15) is 11.5 Å². The molecule has 0 unspecified atom stereocenters. The van der Waals surface area contributed by atoms with Crippen LogP contribution in [0.5, 0.6) is 0 Å². The van der Waals surface area contributed by atoms with E-state index in [0.29, 0.717) is 17.9 Å². The van der Waals surface area contributed by atoms with Gasteiger partial charge in [-0.05, 0) is 17.7 Å². The molecule has 0 saturated carbocycles. The van der Waals surface area contributed by atoms with Gasteiger partial charge in [0, 0.05) is 6.42 Å². The Bertz CT molecular complexity index is 809. The molecule has 0 bridgehead atoms. The summed E-state index contributed by atoms with van der Waals surface area (Å²) in [6.07, 6.45) is 3.44. The minimum Gasteiger partial charge on any atom is -0.463 e. The Morgan fingerprint density at radius 1 is 1.18 bits per heavy atom. The predicted molar refractivity (Wildman–Crippen MR) is 81.8 cm³/mol. The minimum atomic E-state index is -0.297. The fraction of sp³-hybridized carbons (Fsp3) is 0.0667. The lowest BCUT2D eigenvalue weighted by Gasteiger charge is -2.01. The van der Waals surface area contributed by atoms with Gasteiger partial charge < -0.3 is 4.42 Å². The monoisotopic (exact) mass is 295 g/mol. The van der Waals surface area contributed by atoms with Gasteiger partial charge in [-0.1, -0.05) is 30.3 Å². The molecule has 2 aromatic heterocycles. The molecular formula is C15H13N5O2. The van der Waals surface area contributed by atoms with Crippen molar-refractivity contribution in [1.82, 2.24) is 15.2 Å². The standard InChI is InChI=1S/C15H13N5O2/c21-14-13(9-11-5-2-1-3-6-11)18-20-15(17-14)19-16-10-12-7-4-8-22-12/h1-8,10H,9H2,(H2,17,19,20,21)/b16-10+. The summed E-state index contributed by atoms with van der Waals surface area (Å²) >= 11 is 0. The Morgan fingerprint density at radius 3 is 2.77 bits per heavy atom. The van der Waals surface area contributed by atoms with Crippen LogP contribution < -0.4 is 11.0 Å². The summed E-state index contributed by atoms with van der Waals surface area (Å²) in [5.74, 6) is 0.758. The average Bonchev–Trinajstić information content (AvgIpc) is 3.04. The van der Waals surface area contributed by atoms with Crippen LogP contribution in [0, 0.1) is 0 Å². The molecule has 7 heteroatoms. The number of hydrogen-bond donors (Lipinski definition) is 2. The second kappa shape index (κ2) is 6.49. The summed E-state index contributed by atoms with van der Waals surface area (Å²) in [4.78, 5) is 14.6. The van der Waals surface area contributed by atoms with Crippen LogP contribution in [0.15, 0.2) is 63.0 Å². The van der Waals surface area contributed by atoms with Crippen LogP contribution in [0.2, 0.25) is 0 Å². The maximum atomic E-state index is 12.0. The molecule has 1 aromatic carbocycles. The second-order valence-corrected chi connectivity index (χ2v) is 4.50. The summed E-state index contributed by atoms with van der Waals surface area (Å²) in [6, 6.07) is 13.1. The second-order valence-electron chi connectivity index (χ2n) is 4.50. The molecule has 2 N–H and O–H groups in total. The summed E-state index contributed by atoms with van der Waals surface area (Å²) in [5, 5.41) is 11.7. The first-order chi connectivity index (χ1) is 10.8. The molecule has 0 radical (unpaired) electrons. The van der Waals surface area contributed by atoms with Crippen molar-refractivity contribution in [1.29, 1.82) is 0 Å². The van der Waals surface area contributed by atoms with E-state index in [4.69, 9.17) is 4.42 Å². The molecule has 0 amide bonds. The van der Waals surface area contributed by atoms with Gasteiger partial charge in [0.2, 0.25) is 5.95 Å². The molecule has 22 heavy (non-hydrogen) atoms. The largest absolute Gasteiger partial charge is 0.463 e. The number of rotatable bonds is 5. The SMILES string of the molecule is O=c1[nH]c(N/N=C/c2ccco2)nnc1Cc1ccccc1. The lowest BCUT2D eigenvalue weighted by molar-refractivity contribution is 0.560. The Balaban J connectivity index is 1.68. The van der Waals surface area contributed by atoms with E-state index in [1.165, 1.54) is 6.21 Å². The Morgan fingerprint density at radius 2 is 2.05 bits per heavy atom. The number of furan rings is 1. The Kier molecular flexibility index (Phi) is 4.05. The van der Waals surface area contributed by atoms with E-state index in [2.05, 4.69) is 25.7 Å². The zero-order chi connectivity index (χ0) is 15.2. The third-order valence-corrected chi connectivity index (χ3v) is 2.88. The summed E-state index contributed by atoms with van der Waals surface area (Å²) < 4.78 is 5.08. The first-order valence-corrected chi connectivity index (χ1v) is 6.63. The molecule has 2 heterocycles. The van der Waals surface area contributed by atoms with Crippen LogP contribution in [0.25, 0.3) is 0 Å². The lowest BCUT2D eigenvalue weighted by atomic mass is 10.1. The molecule has 110 valence electrons. The molecule has 3 aromatic rings. The number of aromatic nitrogens is 3. The minimum absolute atomic E-state index is 0.171. The molecule has 0 aliphatic rings. The van der Waals surface area contributed by atoms with Gasteiger partial charge in [-0.2, -0.15) is 5.10 Å². The van der Waals surface area contributed by atoms with E-state index in [0.717, 1.165) is 5.56 Å². The number of H-pyrrole nitrogens is 1. The smallest absolute Gasteiger partial charge is 0.274 e. The summed E-state index contributed by atoms with van der Waals surface area (Å²) in [5.41, 5.74) is 3.65. The lowest BCUT2D eigenvalue weighted by Crippen LogP contribution is -2.18. The van der Waals surface area contributed by atoms with Crippen molar-refractivity contribution >= 4 is 12.2 Å². The van der Waals surface area contributed by atoms with Crippen molar-refractivity contribution in [2.75, 3.05) is 5.43 Å². The van der Waals surface area contributed by atoms with Gasteiger partial charge >= 0.3 is 0 Å². The average molecular weight is 295 g/mol. The van der Waals surface area contributed by atoms with E-state index in [-0.39, 0.29) is 11.5 Å². The molecule has 0 saturated heterocycles. The Labute approximate surface area is 125 Å².